The highest BCUT2D eigenvalue weighted by Gasteiger charge is 2.37. The van der Waals surface area contributed by atoms with Gasteiger partial charge in [-0.1, -0.05) is 24.3 Å². The highest BCUT2D eigenvalue weighted by molar-refractivity contribution is 7.90. The van der Waals surface area contributed by atoms with E-state index in [0.717, 1.165) is 6.26 Å². The minimum Gasteiger partial charge on any atom is -0.324 e. The Hall–Kier alpha value is -2.98. The Morgan fingerprint density at radius 1 is 1.00 bits per heavy atom. The van der Waals surface area contributed by atoms with Crippen molar-refractivity contribution in [1.29, 1.82) is 0 Å². The molecule has 6 nitrogen and oxygen atoms in total. The van der Waals surface area contributed by atoms with E-state index in [9.17, 15) is 21.6 Å². The Labute approximate surface area is 165 Å². The van der Waals surface area contributed by atoms with Gasteiger partial charge >= 0.3 is 6.18 Å². The minimum atomic E-state index is -4.51. The predicted octanol–water partition coefficient (Wildman–Crippen LogP) is 3.85. The van der Waals surface area contributed by atoms with Gasteiger partial charge in [-0.25, -0.2) is 18.4 Å². The maximum atomic E-state index is 12.7. The maximum Gasteiger partial charge on any atom is 0.407 e. The normalized spacial score (nSPS) is 13.1. The zero-order valence-corrected chi connectivity index (χ0v) is 16.0. The van der Waals surface area contributed by atoms with E-state index in [1.807, 2.05) is 0 Å². The maximum absolute atomic E-state index is 12.7. The average Bonchev–Trinajstić information content (AvgIpc) is 2.67. The van der Waals surface area contributed by atoms with E-state index in [1.54, 1.807) is 18.2 Å². The molecule has 0 aliphatic rings. The first-order chi connectivity index (χ1) is 13.5. The zero-order valence-electron chi connectivity index (χ0n) is 15.2. The molecule has 3 aromatic rings. The lowest BCUT2D eigenvalue weighted by molar-refractivity contribution is -0.149. The fraction of sp³-hybridized carbons (Fsp3) is 0.158. The van der Waals surface area contributed by atoms with Crippen LogP contribution in [0, 0.1) is 0 Å². The van der Waals surface area contributed by atoms with Crippen LogP contribution in [-0.4, -0.2) is 30.8 Å². The van der Waals surface area contributed by atoms with Gasteiger partial charge in [0.2, 0.25) is 5.95 Å². The summed E-state index contributed by atoms with van der Waals surface area (Å²) in [5.74, 6) is 0.238. The first-order valence-corrected chi connectivity index (χ1v) is 10.3. The lowest BCUT2D eigenvalue weighted by Gasteiger charge is -2.16. The smallest absolute Gasteiger partial charge is 0.324 e. The van der Waals surface area contributed by atoms with Crippen LogP contribution in [0.25, 0.3) is 11.3 Å². The van der Waals surface area contributed by atoms with E-state index < -0.39 is 22.1 Å². The third-order valence-electron chi connectivity index (χ3n) is 4.11. The van der Waals surface area contributed by atoms with Gasteiger partial charge in [-0.05, 0) is 35.9 Å². The van der Waals surface area contributed by atoms with Crippen LogP contribution >= 0.6 is 0 Å². The van der Waals surface area contributed by atoms with Crippen molar-refractivity contribution >= 4 is 21.5 Å². The molecule has 3 N–H and O–H groups in total. The van der Waals surface area contributed by atoms with E-state index >= 15 is 0 Å². The van der Waals surface area contributed by atoms with E-state index in [0.29, 0.717) is 16.9 Å². The lowest BCUT2D eigenvalue weighted by Crippen LogP contribution is -2.28. The molecule has 0 radical (unpaired) electrons. The molecule has 29 heavy (non-hydrogen) atoms. The number of anilines is 2. The molecule has 0 aliphatic heterocycles. The molecular weight excluding hydrogens is 405 g/mol. The van der Waals surface area contributed by atoms with Gasteiger partial charge in [0.05, 0.1) is 10.6 Å². The molecule has 3 rings (SSSR count). The van der Waals surface area contributed by atoms with Crippen molar-refractivity contribution in [3.8, 4) is 11.3 Å². The number of rotatable bonds is 5. The minimum absolute atomic E-state index is 0.0521. The Balaban J connectivity index is 1.78. The Bertz CT molecular complexity index is 1100. The molecule has 1 heterocycles. The van der Waals surface area contributed by atoms with Crippen LogP contribution in [0.1, 0.15) is 11.6 Å². The number of sulfone groups is 1. The SMILES string of the molecule is CS(=O)(=O)c1ccc(-c2ccnc(Nc3ccc(C(N)C(F)(F)F)cc3)n2)cc1. The first-order valence-electron chi connectivity index (χ1n) is 8.37. The number of hydrogen-bond acceptors (Lipinski definition) is 6. The third-order valence-corrected chi connectivity index (χ3v) is 5.24. The van der Waals surface area contributed by atoms with Gasteiger partial charge in [0, 0.05) is 23.7 Å². The molecule has 10 heteroatoms. The quantitative estimate of drug-likeness (QED) is 0.648. The largest absolute Gasteiger partial charge is 0.407 e. The van der Waals surface area contributed by atoms with Gasteiger partial charge in [0.25, 0.3) is 0 Å². The summed E-state index contributed by atoms with van der Waals surface area (Å²) in [6, 6.07) is 11.3. The van der Waals surface area contributed by atoms with Crippen LogP contribution in [0.4, 0.5) is 24.8 Å². The monoisotopic (exact) mass is 422 g/mol. The van der Waals surface area contributed by atoms with Crippen molar-refractivity contribution in [3.63, 3.8) is 0 Å². The van der Waals surface area contributed by atoms with Crippen LogP contribution in [-0.2, 0) is 9.84 Å². The summed E-state index contributed by atoms with van der Waals surface area (Å²) in [5, 5.41) is 2.91. The summed E-state index contributed by atoms with van der Waals surface area (Å²) >= 11 is 0. The first kappa shape index (κ1) is 20.7. The third kappa shape index (κ3) is 5.09. The molecule has 1 atom stereocenters. The Kier molecular flexibility index (Phi) is 5.58. The van der Waals surface area contributed by atoms with Gasteiger partial charge in [0.1, 0.15) is 6.04 Å². The molecule has 0 amide bonds. The number of halogens is 3. The van der Waals surface area contributed by atoms with Crippen molar-refractivity contribution in [2.45, 2.75) is 17.1 Å². The second-order valence-corrected chi connectivity index (χ2v) is 8.34. The molecular formula is C19H17F3N4O2S. The predicted molar refractivity (Wildman–Crippen MR) is 103 cm³/mol. The fourth-order valence-corrected chi connectivity index (χ4v) is 3.17. The van der Waals surface area contributed by atoms with Gasteiger partial charge in [-0.3, -0.25) is 0 Å². The molecule has 1 unspecified atom stereocenters. The number of nitrogens with zero attached hydrogens (tertiary/aromatic N) is 2. The number of benzene rings is 2. The van der Waals surface area contributed by atoms with Gasteiger partial charge in [-0.2, -0.15) is 13.2 Å². The number of nitrogens with one attached hydrogen (secondary N) is 1. The van der Waals surface area contributed by atoms with Crippen LogP contribution in [0.15, 0.2) is 65.7 Å². The molecule has 0 fully saturated rings. The Morgan fingerprint density at radius 2 is 1.62 bits per heavy atom. The summed E-state index contributed by atoms with van der Waals surface area (Å²) in [5.41, 5.74) is 6.87. The lowest BCUT2D eigenvalue weighted by atomic mass is 10.1. The highest BCUT2D eigenvalue weighted by atomic mass is 32.2. The van der Waals surface area contributed by atoms with Crippen molar-refractivity contribution in [2.75, 3.05) is 11.6 Å². The van der Waals surface area contributed by atoms with E-state index in [1.165, 1.54) is 42.6 Å². The van der Waals surface area contributed by atoms with E-state index in [-0.39, 0.29) is 16.4 Å². The van der Waals surface area contributed by atoms with E-state index in [2.05, 4.69) is 15.3 Å². The van der Waals surface area contributed by atoms with Crippen LogP contribution in [0.2, 0.25) is 0 Å². The van der Waals surface area contributed by atoms with Gasteiger partial charge < -0.3 is 11.1 Å². The van der Waals surface area contributed by atoms with Crippen molar-refractivity contribution < 1.29 is 21.6 Å². The standard InChI is InChI=1S/C19H17F3N4O2S/c1-29(27,28)15-8-4-12(5-9-15)16-10-11-24-18(26-16)25-14-6-2-13(3-7-14)17(23)19(20,21)22/h2-11,17H,23H2,1H3,(H,24,25,26). The average molecular weight is 422 g/mol. The zero-order chi connectivity index (χ0) is 21.2. The Morgan fingerprint density at radius 3 is 2.17 bits per heavy atom. The van der Waals surface area contributed by atoms with Gasteiger partial charge in [-0.15, -0.1) is 0 Å². The van der Waals surface area contributed by atoms with Crippen LogP contribution in [0.5, 0.6) is 0 Å². The molecule has 1 aromatic heterocycles. The molecule has 2 aromatic carbocycles. The summed E-state index contributed by atoms with van der Waals surface area (Å²) in [4.78, 5) is 8.64. The number of alkyl halides is 3. The van der Waals surface area contributed by atoms with Crippen molar-refractivity contribution in [2.24, 2.45) is 5.73 Å². The molecule has 0 aliphatic carbocycles. The van der Waals surface area contributed by atoms with Crippen molar-refractivity contribution in [1.82, 2.24) is 9.97 Å². The second kappa shape index (κ2) is 7.80. The second-order valence-electron chi connectivity index (χ2n) is 6.33. The van der Waals surface area contributed by atoms with Gasteiger partial charge in [0.15, 0.2) is 9.84 Å². The molecule has 0 saturated heterocycles. The van der Waals surface area contributed by atoms with Crippen LogP contribution < -0.4 is 11.1 Å². The number of nitrogens with two attached hydrogens (primary N) is 1. The van der Waals surface area contributed by atoms with Crippen molar-refractivity contribution in [3.05, 3.63) is 66.4 Å². The summed E-state index contributed by atoms with van der Waals surface area (Å²) in [7, 11) is -3.29. The highest BCUT2D eigenvalue weighted by Crippen LogP contribution is 2.31. The van der Waals surface area contributed by atoms with Crippen LogP contribution in [0.3, 0.4) is 0 Å². The number of aromatic nitrogens is 2. The molecule has 0 bridgehead atoms. The summed E-state index contributed by atoms with van der Waals surface area (Å²) in [6.45, 7) is 0. The summed E-state index contributed by atoms with van der Waals surface area (Å²) in [6.07, 6.45) is -1.87. The molecule has 0 spiro atoms. The van der Waals surface area contributed by atoms with E-state index in [4.69, 9.17) is 5.73 Å². The summed E-state index contributed by atoms with van der Waals surface area (Å²) < 4.78 is 61.2. The topological polar surface area (TPSA) is 98.0 Å². The fourth-order valence-electron chi connectivity index (χ4n) is 2.54. The number of hydrogen-bond donors (Lipinski definition) is 2. The molecule has 152 valence electrons. The molecule has 0 saturated carbocycles.